The number of hydrogen-bond donors (Lipinski definition) is 2. The van der Waals surface area contributed by atoms with Crippen LogP contribution in [-0.4, -0.2) is 35.5 Å². The Morgan fingerprint density at radius 2 is 2.04 bits per heavy atom. The van der Waals surface area contributed by atoms with Crippen LogP contribution < -0.4 is 10.2 Å². The van der Waals surface area contributed by atoms with Crippen LogP contribution in [0.5, 0.6) is 0 Å². The summed E-state index contributed by atoms with van der Waals surface area (Å²) >= 11 is 12.1. The number of anilines is 1. The third-order valence-corrected chi connectivity index (χ3v) is 4.95. The van der Waals surface area contributed by atoms with E-state index in [0.29, 0.717) is 10.0 Å². The van der Waals surface area contributed by atoms with Gasteiger partial charge in [-0.2, -0.15) is 0 Å². The van der Waals surface area contributed by atoms with Crippen molar-refractivity contribution in [1.29, 1.82) is 0 Å². The van der Waals surface area contributed by atoms with Gasteiger partial charge in [0.2, 0.25) is 11.9 Å². The lowest BCUT2D eigenvalue weighted by Crippen LogP contribution is -2.41. The number of halogens is 2. The molecule has 0 spiro atoms. The number of aromatic amines is 1. The molecule has 0 radical (unpaired) electrons. The van der Waals surface area contributed by atoms with Crippen molar-refractivity contribution in [3.63, 3.8) is 0 Å². The van der Waals surface area contributed by atoms with Gasteiger partial charge < -0.3 is 15.2 Å². The summed E-state index contributed by atoms with van der Waals surface area (Å²) in [7, 11) is 0. The molecule has 3 rings (SSSR count). The fraction of sp³-hybridized carbons (Fsp3) is 0.500. The Labute approximate surface area is 145 Å². The molecule has 2 heterocycles. The first kappa shape index (κ1) is 16.4. The van der Waals surface area contributed by atoms with Gasteiger partial charge in [0, 0.05) is 25.6 Å². The molecular weight excluding hydrogens is 335 g/mol. The molecule has 2 aromatic rings. The number of carbonyl (C=O) groups is 1. The number of piperidine rings is 1. The molecule has 1 aromatic carbocycles. The third kappa shape index (κ3) is 3.56. The number of rotatable bonds is 4. The maximum Gasteiger partial charge on any atom is 0.223 e. The largest absolute Gasteiger partial charge is 0.356 e. The van der Waals surface area contributed by atoms with Crippen LogP contribution in [0, 0.1) is 5.92 Å². The molecule has 0 saturated carbocycles. The predicted molar refractivity (Wildman–Crippen MR) is 94.4 cm³/mol. The Morgan fingerprint density at radius 3 is 2.74 bits per heavy atom. The maximum atomic E-state index is 12.0. The molecule has 7 heteroatoms. The zero-order valence-corrected chi connectivity index (χ0v) is 14.5. The molecule has 0 aliphatic carbocycles. The van der Waals surface area contributed by atoms with Gasteiger partial charge in [0.1, 0.15) is 0 Å². The molecule has 0 unspecified atom stereocenters. The van der Waals surface area contributed by atoms with Crippen molar-refractivity contribution < 1.29 is 4.79 Å². The summed E-state index contributed by atoms with van der Waals surface area (Å²) in [4.78, 5) is 22.1. The highest BCUT2D eigenvalue weighted by Crippen LogP contribution is 2.29. The highest BCUT2D eigenvalue weighted by atomic mass is 35.5. The Morgan fingerprint density at radius 1 is 1.35 bits per heavy atom. The Bertz CT molecular complexity index is 668. The number of amides is 1. The highest BCUT2D eigenvalue weighted by molar-refractivity contribution is 6.42. The number of hydrogen-bond acceptors (Lipinski definition) is 3. The molecule has 2 N–H and O–H groups in total. The number of H-pyrrole nitrogens is 1. The molecular formula is C16H20Cl2N4O. The van der Waals surface area contributed by atoms with Crippen LogP contribution in [0.4, 0.5) is 5.95 Å². The van der Waals surface area contributed by atoms with Crippen molar-refractivity contribution in [3.8, 4) is 0 Å². The first-order chi connectivity index (χ1) is 11.1. The van der Waals surface area contributed by atoms with E-state index in [4.69, 9.17) is 23.2 Å². The molecule has 1 amide bonds. The van der Waals surface area contributed by atoms with E-state index in [0.717, 1.165) is 55.9 Å². The number of nitrogens with zero attached hydrogens (tertiary/aromatic N) is 2. The second-order valence-electron chi connectivity index (χ2n) is 5.90. The number of fused-ring (bicyclic) bond motifs is 1. The Hall–Kier alpha value is -1.46. The molecule has 1 aliphatic heterocycles. The van der Waals surface area contributed by atoms with E-state index in [1.54, 1.807) is 12.1 Å². The van der Waals surface area contributed by atoms with Crippen molar-refractivity contribution >= 4 is 46.1 Å². The number of aromatic nitrogens is 2. The zero-order valence-electron chi connectivity index (χ0n) is 13.0. The molecule has 1 aliphatic rings. The van der Waals surface area contributed by atoms with Crippen LogP contribution in [0.25, 0.3) is 11.0 Å². The van der Waals surface area contributed by atoms with Gasteiger partial charge >= 0.3 is 0 Å². The van der Waals surface area contributed by atoms with Gasteiger partial charge in [-0.25, -0.2) is 4.98 Å². The van der Waals surface area contributed by atoms with E-state index < -0.39 is 0 Å². The lowest BCUT2D eigenvalue weighted by Gasteiger charge is -2.31. The minimum absolute atomic E-state index is 0.103. The summed E-state index contributed by atoms with van der Waals surface area (Å²) in [6, 6.07) is 3.56. The molecule has 1 fully saturated rings. The van der Waals surface area contributed by atoms with Crippen LogP contribution in [-0.2, 0) is 4.79 Å². The van der Waals surface area contributed by atoms with Crippen LogP contribution in [0.1, 0.15) is 26.2 Å². The van der Waals surface area contributed by atoms with Crippen molar-refractivity contribution in [1.82, 2.24) is 15.3 Å². The molecule has 5 nitrogen and oxygen atoms in total. The number of imidazole rings is 1. The monoisotopic (exact) mass is 354 g/mol. The van der Waals surface area contributed by atoms with Crippen molar-refractivity contribution in [2.24, 2.45) is 5.92 Å². The molecule has 23 heavy (non-hydrogen) atoms. The number of benzene rings is 1. The smallest absolute Gasteiger partial charge is 0.223 e. The van der Waals surface area contributed by atoms with E-state index in [2.05, 4.69) is 27.1 Å². The van der Waals surface area contributed by atoms with E-state index in [1.165, 1.54) is 0 Å². The quantitative estimate of drug-likeness (QED) is 0.881. The van der Waals surface area contributed by atoms with E-state index in [-0.39, 0.29) is 11.8 Å². The fourth-order valence-electron chi connectivity index (χ4n) is 2.89. The van der Waals surface area contributed by atoms with Gasteiger partial charge in [-0.1, -0.05) is 30.1 Å². The van der Waals surface area contributed by atoms with Crippen LogP contribution in [0.15, 0.2) is 12.1 Å². The predicted octanol–water partition coefficient (Wildman–Crippen LogP) is 3.61. The van der Waals surface area contributed by atoms with E-state index in [9.17, 15) is 4.79 Å². The third-order valence-electron chi connectivity index (χ3n) is 4.23. The fourth-order valence-corrected chi connectivity index (χ4v) is 3.21. The van der Waals surface area contributed by atoms with Crippen LogP contribution >= 0.6 is 23.2 Å². The van der Waals surface area contributed by atoms with E-state index >= 15 is 0 Å². The topological polar surface area (TPSA) is 61.0 Å². The zero-order chi connectivity index (χ0) is 16.4. The van der Waals surface area contributed by atoms with Crippen molar-refractivity contribution in [2.45, 2.75) is 26.2 Å². The standard InChI is InChI=1S/C16H20Cl2N4O/c1-2-5-19-15(23)10-3-6-22(7-4-10)16-20-13-8-11(17)12(18)9-14(13)21-16/h8-10H,2-7H2,1H3,(H,19,23)(H,20,21). The van der Waals surface area contributed by atoms with Gasteiger partial charge in [0.25, 0.3) is 0 Å². The summed E-state index contributed by atoms with van der Waals surface area (Å²) in [6.07, 6.45) is 2.65. The van der Waals surface area contributed by atoms with Gasteiger partial charge in [0.05, 0.1) is 21.1 Å². The number of carbonyl (C=O) groups excluding carboxylic acids is 1. The summed E-state index contributed by atoms with van der Waals surface area (Å²) in [5.41, 5.74) is 1.68. The average Bonchev–Trinajstić information content (AvgIpc) is 2.96. The van der Waals surface area contributed by atoms with Crippen molar-refractivity contribution in [3.05, 3.63) is 22.2 Å². The second kappa shape index (κ2) is 6.97. The molecule has 0 bridgehead atoms. The summed E-state index contributed by atoms with van der Waals surface area (Å²) in [5, 5.41) is 4.00. The van der Waals surface area contributed by atoms with Gasteiger partial charge in [-0.15, -0.1) is 0 Å². The summed E-state index contributed by atoms with van der Waals surface area (Å²) in [6.45, 7) is 4.43. The van der Waals surface area contributed by atoms with Gasteiger partial charge in [-0.3, -0.25) is 4.79 Å². The summed E-state index contributed by atoms with van der Waals surface area (Å²) in [5.74, 6) is 1.09. The minimum Gasteiger partial charge on any atom is -0.356 e. The van der Waals surface area contributed by atoms with Gasteiger partial charge in [-0.05, 0) is 31.4 Å². The molecule has 1 saturated heterocycles. The first-order valence-electron chi connectivity index (χ1n) is 7.96. The molecule has 124 valence electrons. The average molecular weight is 355 g/mol. The number of nitrogens with one attached hydrogen (secondary N) is 2. The SMILES string of the molecule is CCCNC(=O)C1CCN(c2nc3cc(Cl)c(Cl)cc3[nH]2)CC1. The van der Waals surface area contributed by atoms with E-state index in [1.807, 2.05) is 0 Å². The minimum atomic E-state index is 0.103. The Kier molecular flexibility index (Phi) is 4.97. The van der Waals surface area contributed by atoms with Gasteiger partial charge in [0.15, 0.2) is 0 Å². The molecule has 1 aromatic heterocycles. The van der Waals surface area contributed by atoms with Crippen molar-refractivity contribution in [2.75, 3.05) is 24.5 Å². The van der Waals surface area contributed by atoms with Crippen LogP contribution in [0.3, 0.4) is 0 Å². The lowest BCUT2D eigenvalue weighted by atomic mass is 9.96. The second-order valence-corrected chi connectivity index (χ2v) is 6.71. The summed E-state index contributed by atoms with van der Waals surface area (Å²) < 4.78 is 0. The first-order valence-corrected chi connectivity index (χ1v) is 8.71. The lowest BCUT2D eigenvalue weighted by molar-refractivity contribution is -0.125. The normalized spacial score (nSPS) is 16.0. The highest BCUT2D eigenvalue weighted by Gasteiger charge is 2.26. The Balaban J connectivity index is 1.67. The van der Waals surface area contributed by atoms with Crippen LogP contribution in [0.2, 0.25) is 10.0 Å². The molecule has 0 atom stereocenters. The maximum absolute atomic E-state index is 12.0.